The SMILES string of the molecule is CCCCCCCCO[C@@H](CO)[C@H]1OC[C@@H](O)[C@H]1O. The molecule has 0 aromatic carbocycles. The molecule has 5 nitrogen and oxygen atoms in total. The van der Waals surface area contributed by atoms with Crippen molar-refractivity contribution < 1.29 is 24.8 Å². The third-order valence-electron chi connectivity index (χ3n) is 3.57. The highest BCUT2D eigenvalue weighted by molar-refractivity contribution is 4.88. The highest BCUT2D eigenvalue weighted by Gasteiger charge is 2.40. The first-order chi connectivity index (χ1) is 9.20. The number of hydrogen-bond donors (Lipinski definition) is 3. The van der Waals surface area contributed by atoms with Crippen LogP contribution < -0.4 is 0 Å². The van der Waals surface area contributed by atoms with Crippen molar-refractivity contribution >= 4 is 0 Å². The van der Waals surface area contributed by atoms with Crippen LogP contribution >= 0.6 is 0 Å². The molecule has 0 amide bonds. The lowest BCUT2D eigenvalue weighted by molar-refractivity contribution is -0.101. The molecule has 0 radical (unpaired) electrons. The van der Waals surface area contributed by atoms with Crippen molar-refractivity contribution in [3.63, 3.8) is 0 Å². The second-order valence-electron chi connectivity index (χ2n) is 5.22. The predicted molar refractivity (Wildman–Crippen MR) is 72.0 cm³/mol. The molecule has 1 saturated heterocycles. The van der Waals surface area contributed by atoms with Crippen LogP contribution in [0.1, 0.15) is 45.4 Å². The van der Waals surface area contributed by atoms with Gasteiger partial charge in [-0.2, -0.15) is 0 Å². The Labute approximate surface area is 115 Å². The van der Waals surface area contributed by atoms with Gasteiger partial charge in [0.25, 0.3) is 0 Å². The zero-order valence-electron chi connectivity index (χ0n) is 11.8. The summed E-state index contributed by atoms with van der Waals surface area (Å²) >= 11 is 0. The smallest absolute Gasteiger partial charge is 0.114 e. The summed E-state index contributed by atoms with van der Waals surface area (Å²) in [7, 11) is 0. The Morgan fingerprint density at radius 1 is 1.16 bits per heavy atom. The zero-order chi connectivity index (χ0) is 14.1. The summed E-state index contributed by atoms with van der Waals surface area (Å²) in [5.74, 6) is 0. The van der Waals surface area contributed by atoms with E-state index >= 15 is 0 Å². The van der Waals surface area contributed by atoms with Gasteiger partial charge >= 0.3 is 0 Å². The largest absolute Gasteiger partial charge is 0.394 e. The quantitative estimate of drug-likeness (QED) is 0.515. The minimum absolute atomic E-state index is 0.0999. The van der Waals surface area contributed by atoms with Crippen molar-refractivity contribution in [2.75, 3.05) is 19.8 Å². The maximum Gasteiger partial charge on any atom is 0.114 e. The lowest BCUT2D eigenvalue weighted by Crippen LogP contribution is -2.42. The fourth-order valence-electron chi connectivity index (χ4n) is 2.32. The summed E-state index contributed by atoms with van der Waals surface area (Å²) in [6.07, 6.45) is 4.03. The molecule has 114 valence electrons. The van der Waals surface area contributed by atoms with Crippen LogP contribution in [0.15, 0.2) is 0 Å². The van der Waals surface area contributed by atoms with Gasteiger partial charge in [-0.3, -0.25) is 0 Å². The monoisotopic (exact) mass is 276 g/mol. The van der Waals surface area contributed by atoms with Crippen LogP contribution in [-0.2, 0) is 9.47 Å². The molecule has 1 aliphatic heterocycles. The number of ether oxygens (including phenoxy) is 2. The van der Waals surface area contributed by atoms with Crippen molar-refractivity contribution in [1.29, 1.82) is 0 Å². The van der Waals surface area contributed by atoms with Gasteiger partial charge in [0.1, 0.15) is 24.4 Å². The van der Waals surface area contributed by atoms with Crippen molar-refractivity contribution in [3.05, 3.63) is 0 Å². The average Bonchev–Trinajstić information content (AvgIpc) is 2.74. The normalized spacial score (nSPS) is 28.7. The van der Waals surface area contributed by atoms with Crippen molar-refractivity contribution in [2.45, 2.75) is 69.9 Å². The molecule has 0 saturated carbocycles. The van der Waals surface area contributed by atoms with Crippen molar-refractivity contribution in [2.24, 2.45) is 0 Å². The molecule has 1 aliphatic rings. The van der Waals surface area contributed by atoms with E-state index in [0.29, 0.717) is 6.61 Å². The van der Waals surface area contributed by atoms with Crippen LogP contribution in [0, 0.1) is 0 Å². The number of hydrogen-bond acceptors (Lipinski definition) is 5. The van der Waals surface area contributed by atoms with Gasteiger partial charge in [-0.1, -0.05) is 39.0 Å². The summed E-state index contributed by atoms with van der Waals surface area (Å²) in [5, 5.41) is 28.4. The van der Waals surface area contributed by atoms with E-state index in [9.17, 15) is 15.3 Å². The van der Waals surface area contributed by atoms with Crippen LogP contribution in [-0.4, -0.2) is 59.6 Å². The average molecular weight is 276 g/mol. The molecule has 0 unspecified atom stereocenters. The molecular weight excluding hydrogens is 248 g/mol. The lowest BCUT2D eigenvalue weighted by atomic mass is 10.1. The third kappa shape index (κ3) is 5.75. The first kappa shape index (κ1) is 16.9. The molecule has 0 aliphatic carbocycles. The van der Waals surface area contributed by atoms with Crippen LogP contribution in [0.5, 0.6) is 0 Å². The number of unbranched alkanes of at least 4 members (excludes halogenated alkanes) is 5. The van der Waals surface area contributed by atoms with E-state index in [0.717, 1.165) is 12.8 Å². The van der Waals surface area contributed by atoms with Gasteiger partial charge in [-0.15, -0.1) is 0 Å². The maximum atomic E-state index is 9.69. The van der Waals surface area contributed by atoms with Gasteiger partial charge < -0.3 is 24.8 Å². The molecule has 0 aromatic rings. The van der Waals surface area contributed by atoms with E-state index in [4.69, 9.17) is 9.47 Å². The van der Waals surface area contributed by atoms with Gasteiger partial charge in [0.15, 0.2) is 0 Å². The molecule has 3 N–H and O–H groups in total. The van der Waals surface area contributed by atoms with E-state index in [1.807, 2.05) is 0 Å². The summed E-state index contributed by atoms with van der Waals surface area (Å²) in [6, 6.07) is 0. The second-order valence-corrected chi connectivity index (χ2v) is 5.22. The number of aliphatic hydroxyl groups is 3. The Kier molecular flexibility index (Phi) is 8.57. The summed E-state index contributed by atoms with van der Waals surface area (Å²) in [5.41, 5.74) is 0. The Bertz CT molecular complexity index is 224. The highest BCUT2D eigenvalue weighted by Crippen LogP contribution is 2.19. The number of aliphatic hydroxyl groups excluding tert-OH is 3. The van der Waals surface area contributed by atoms with Gasteiger partial charge in [-0.05, 0) is 6.42 Å². The van der Waals surface area contributed by atoms with Gasteiger partial charge in [0, 0.05) is 6.61 Å². The van der Waals surface area contributed by atoms with Crippen LogP contribution in [0.25, 0.3) is 0 Å². The predicted octanol–water partition coefficient (Wildman–Crippen LogP) is 0.845. The lowest BCUT2D eigenvalue weighted by Gasteiger charge is -2.24. The first-order valence-corrected chi connectivity index (χ1v) is 7.40. The zero-order valence-corrected chi connectivity index (χ0v) is 11.8. The molecular formula is C14H28O5. The van der Waals surface area contributed by atoms with Gasteiger partial charge in [0.05, 0.1) is 13.2 Å². The minimum Gasteiger partial charge on any atom is -0.394 e. The Morgan fingerprint density at radius 3 is 2.42 bits per heavy atom. The van der Waals surface area contributed by atoms with Crippen LogP contribution in [0.3, 0.4) is 0 Å². The topological polar surface area (TPSA) is 79.2 Å². The fraction of sp³-hybridized carbons (Fsp3) is 1.00. The van der Waals surface area contributed by atoms with E-state index in [1.165, 1.54) is 25.7 Å². The Balaban J connectivity index is 2.12. The summed E-state index contributed by atoms with van der Waals surface area (Å²) < 4.78 is 10.8. The van der Waals surface area contributed by atoms with Crippen LogP contribution in [0.4, 0.5) is 0 Å². The molecule has 0 spiro atoms. The molecule has 4 atom stereocenters. The standard InChI is InChI=1S/C14H28O5/c1-2-3-4-5-6-7-8-18-12(9-15)14-13(17)11(16)10-19-14/h11-17H,2-10H2,1H3/t11-,12+,13-,14-/m1/s1. The van der Waals surface area contributed by atoms with E-state index < -0.39 is 24.4 Å². The minimum atomic E-state index is -0.971. The van der Waals surface area contributed by atoms with Crippen LogP contribution in [0.2, 0.25) is 0 Å². The fourth-order valence-corrected chi connectivity index (χ4v) is 2.32. The molecule has 1 heterocycles. The second kappa shape index (κ2) is 9.66. The Morgan fingerprint density at radius 2 is 1.84 bits per heavy atom. The van der Waals surface area contributed by atoms with E-state index in [-0.39, 0.29) is 13.2 Å². The van der Waals surface area contributed by atoms with E-state index in [1.54, 1.807) is 0 Å². The van der Waals surface area contributed by atoms with Crippen molar-refractivity contribution in [3.8, 4) is 0 Å². The molecule has 1 rings (SSSR count). The van der Waals surface area contributed by atoms with Gasteiger partial charge in [0.2, 0.25) is 0 Å². The summed E-state index contributed by atoms with van der Waals surface area (Å²) in [4.78, 5) is 0. The Hall–Kier alpha value is -0.200. The van der Waals surface area contributed by atoms with E-state index in [2.05, 4.69) is 6.92 Å². The summed E-state index contributed by atoms with van der Waals surface area (Å²) in [6.45, 7) is 2.64. The molecule has 0 bridgehead atoms. The number of rotatable bonds is 10. The maximum absolute atomic E-state index is 9.69. The highest BCUT2D eigenvalue weighted by atomic mass is 16.6. The molecule has 5 heteroatoms. The molecule has 19 heavy (non-hydrogen) atoms. The van der Waals surface area contributed by atoms with Crippen molar-refractivity contribution in [1.82, 2.24) is 0 Å². The first-order valence-electron chi connectivity index (χ1n) is 7.40. The molecule has 1 fully saturated rings. The van der Waals surface area contributed by atoms with Gasteiger partial charge in [-0.25, -0.2) is 0 Å². The molecule has 0 aromatic heterocycles. The third-order valence-corrected chi connectivity index (χ3v) is 3.57.